The summed E-state index contributed by atoms with van der Waals surface area (Å²) in [4.78, 5) is 12.0. The number of aliphatic carboxylic acids is 1. The summed E-state index contributed by atoms with van der Waals surface area (Å²) in [5.41, 5.74) is 1.06. The van der Waals surface area contributed by atoms with Crippen molar-refractivity contribution in [3.63, 3.8) is 0 Å². The van der Waals surface area contributed by atoms with E-state index in [1.165, 1.54) is 19.3 Å². The van der Waals surface area contributed by atoms with Gasteiger partial charge in [0.1, 0.15) is 0 Å². The van der Waals surface area contributed by atoms with Crippen molar-refractivity contribution < 1.29 is 9.90 Å². The molecule has 4 saturated carbocycles. The summed E-state index contributed by atoms with van der Waals surface area (Å²) in [6, 6.07) is 9.95. The van der Waals surface area contributed by atoms with Crippen molar-refractivity contribution in [1.82, 2.24) is 0 Å². The maximum atomic E-state index is 12.0. The highest BCUT2D eigenvalue weighted by Crippen LogP contribution is 2.64. The van der Waals surface area contributed by atoms with E-state index in [1.54, 1.807) is 0 Å². The summed E-state index contributed by atoms with van der Waals surface area (Å²) >= 11 is 0. The van der Waals surface area contributed by atoms with Gasteiger partial charge in [0.15, 0.2) is 0 Å². The zero-order chi connectivity index (χ0) is 13.7. The molecule has 4 aliphatic rings. The molecule has 4 bridgehead atoms. The molecule has 2 nitrogen and oxygen atoms in total. The van der Waals surface area contributed by atoms with Gasteiger partial charge in [-0.2, -0.15) is 0 Å². The molecule has 1 aromatic carbocycles. The minimum absolute atomic E-state index is 0.0436. The first-order chi connectivity index (χ1) is 9.66. The molecule has 0 radical (unpaired) electrons. The lowest BCUT2D eigenvalue weighted by Gasteiger charge is -2.58. The molecular weight excluding hydrogens is 248 g/mol. The van der Waals surface area contributed by atoms with Crippen LogP contribution < -0.4 is 0 Å². The van der Waals surface area contributed by atoms with E-state index in [4.69, 9.17) is 0 Å². The molecule has 0 spiro atoms. The third-order valence-corrected chi connectivity index (χ3v) is 6.08. The number of carboxylic acids is 1. The van der Waals surface area contributed by atoms with Crippen molar-refractivity contribution in [2.45, 2.75) is 44.4 Å². The molecule has 106 valence electrons. The predicted molar refractivity (Wildman–Crippen MR) is 77.4 cm³/mol. The predicted octanol–water partition coefficient (Wildman–Crippen LogP) is 4.07. The van der Waals surface area contributed by atoms with E-state index >= 15 is 0 Å². The van der Waals surface area contributed by atoms with Gasteiger partial charge in [-0.1, -0.05) is 30.3 Å². The number of rotatable bonds is 3. The van der Waals surface area contributed by atoms with Gasteiger partial charge in [-0.3, -0.25) is 4.79 Å². The first-order valence-corrected chi connectivity index (χ1v) is 7.94. The van der Waals surface area contributed by atoms with Gasteiger partial charge in [0.25, 0.3) is 0 Å². The fraction of sp³-hybridized carbons (Fsp3) is 0.611. The van der Waals surface area contributed by atoms with Crippen LogP contribution in [-0.2, 0) is 4.79 Å². The van der Waals surface area contributed by atoms with Crippen molar-refractivity contribution in [2.24, 2.45) is 23.2 Å². The Kier molecular flexibility index (Phi) is 2.70. The second kappa shape index (κ2) is 4.34. The average Bonchev–Trinajstić information content (AvgIpc) is 2.37. The van der Waals surface area contributed by atoms with Gasteiger partial charge in [-0.05, 0) is 67.3 Å². The Morgan fingerprint density at radius 2 is 1.50 bits per heavy atom. The van der Waals surface area contributed by atoms with Crippen LogP contribution in [0.4, 0.5) is 0 Å². The second-order valence-electron chi connectivity index (χ2n) is 7.46. The van der Waals surface area contributed by atoms with Crippen molar-refractivity contribution in [3.8, 4) is 0 Å². The summed E-state index contributed by atoms with van der Waals surface area (Å²) in [6.07, 6.45) is 7.52. The number of carbonyl (C=O) groups is 1. The Morgan fingerprint density at radius 1 is 1.00 bits per heavy atom. The quantitative estimate of drug-likeness (QED) is 0.899. The SMILES string of the molecule is O=C(O)C(c1ccccc1)C12CC3CC(CC(C3)C1)C2. The number of hydrogen-bond acceptors (Lipinski definition) is 1. The second-order valence-corrected chi connectivity index (χ2v) is 7.46. The van der Waals surface area contributed by atoms with Crippen molar-refractivity contribution in [2.75, 3.05) is 0 Å². The minimum Gasteiger partial charge on any atom is -0.481 e. The molecule has 1 unspecified atom stereocenters. The fourth-order valence-corrected chi connectivity index (χ4v) is 5.93. The molecule has 1 aromatic rings. The molecule has 0 amide bonds. The summed E-state index contributed by atoms with van der Waals surface area (Å²) < 4.78 is 0. The molecule has 1 atom stereocenters. The molecule has 1 N–H and O–H groups in total. The van der Waals surface area contributed by atoms with Crippen LogP contribution >= 0.6 is 0 Å². The molecule has 4 fully saturated rings. The third kappa shape index (κ3) is 1.81. The number of benzene rings is 1. The van der Waals surface area contributed by atoms with E-state index in [0.29, 0.717) is 0 Å². The van der Waals surface area contributed by atoms with Gasteiger partial charge >= 0.3 is 5.97 Å². The van der Waals surface area contributed by atoms with Crippen LogP contribution in [0.2, 0.25) is 0 Å². The van der Waals surface area contributed by atoms with Gasteiger partial charge in [0.2, 0.25) is 0 Å². The first-order valence-electron chi connectivity index (χ1n) is 7.94. The minimum atomic E-state index is -0.613. The maximum absolute atomic E-state index is 12.0. The van der Waals surface area contributed by atoms with Crippen LogP contribution in [0.3, 0.4) is 0 Å². The smallest absolute Gasteiger partial charge is 0.311 e. The van der Waals surface area contributed by atoms with E-state index in [0.717, 1.165) is 42.6 Å². The van der Waals surface area contributed by atoms with Crippen LogP contribution in [0.25, 0.3) is 0 Å². The summed E-state index contributed by atoms with van der Waals surface area (Å²) in [5, 5.41) is 9.89. The maximum Gasteiger partial charge on any atom is 0.311 e. The molecular formula is C18H22O2. The fourth-order valence-electron chi connectivity index (χ4n) is 5.93. The molecule has 0 saturated heterocycles. The molecule has 0 aliphatic heterocycles. The Balaban J connectivity index is 1.75. The Morgan fingerprint density at radius 3 is 1.95 bits per heavy atom. The lowest BCUT2D eigenvalue weighted by atomic mass is 9.46. The highest BCUT2D eigenvalue weighted by atomic mass is 16.4. The molecule has 20 heavy (non-hydrogen) atoms. The highest BCUT2D eigenvalue weighted by molar-refractivity contribution is 5.77. The Bertz CT molecular complexity index is 484. The molecule has 2 heteroatoms. The molecule has 4 aliphatic carbocycles. The molecule has 5 rings (SSSR count). The monoisotopic (exact) mass is 270 g/mol. The van der Waals surface area contributed by atoms with Crippen molar-refractivity contribution in [1.29, 1.82) is 0 Å². The van der Waals surface area contributed by atoms with Gasteiger partial charge in [-0.15, -0.1) is 0 Å². The number of carboxylic acid groups (broad SMARTS) is 1. The summed E-state index contributed by atoms with van der Waals surface area (Å²) in [6.45, 7) is 0. The van der Waals surface area contributed by atoms with Gasteiger partial charge < -0.3 is 5.11 Å². The lowest BCUT2D eigenvalue weighted by molar-refractivity contribution is -0.149. The van der Waals surface area contributed by atoms with Crippen LogP contribution in [-0.4, -0.2) is 11.1 Å². The van der Waals surface area contributed by atoms with Crippen LogP contribution in [0.1, 0.15) is 50.0 Å². The topological polar surface area (TPSA) is 37.3 Å². The summed E-state index contributed by atoms with van der Waals surface area (Å²) in [5.74, 6) is 1.49. The molecule has 0 heterocycles. The normalized spacial score (nSPS) is 39.7. The van der Waals surface area contributed by atoms with E-state index in [-0.39, 0.29) is 11.3 Å². The lowest BCUT2D eigenvalue weighted by Crippen LogP contribution is -2.50. The Hall–Kier alpha value is -1.31. The third-order valence-electron chi connectivity index (χ3n) is 6.08. The molecule has 0 aromatic heterocycles. The standard InChI is InChI=1S/C18H22O2/c19-17(20)16(15-4-2-1-3-5-15)18-9-12-6-13(10-18)8-14(7-12)11-18/h1-5,12-14,16H,6-11H2,(H,19,20). The first kappa shape index (κ1) is 12.4. The van der Waals surface area contributed by atoms with Crippen molar-refractivity contribution >= 4 is 5.97 Å². The summed E-state index contributed by atoms with van der Waals surface area (Å²) in [7, 11) is 0. The van der Waals surface area contributed by atoms with E-state index < -0.39 is 5.97 Å². The largest absolute Gasteiger partial charge is 0.481 e. The van der Waals surface area contributed by atoms with Crippen LogP contribution in [0.5, 0.6) is 0 Å². The van der Waals surface area contributed by atoms with Gasteiger partial charge in [0, 0.05) is 0 Å². The van der Waals surface area contributed by atoms with Gasteiger partial charge in [-0.25, -0.2) is 0 Å². The van der Waals surface area contributed by atoms with Crippen molar-refractivity contribution in [3.05, 3.63) is 35.9 Å². The van der Waals surface area contributed by atoms with Crippen LogP contribution in [0.15, 0.2) is 30.3 Å². The van der Waals surface area contributed by atoms with Crippen LogP contribution in [0, 0.1) is 23.2 Å². The Labute approximate surface area is 120 Å². The van der Waals surface area contributed by atoms with E-state index in [9.17, 15) is 9.90 Å². The average molecular weight is 270 g/mol. The zero-order valence-electron chi connectivity index (χ0n) is 11.8. The number of hydrogen-bond donors (Lipinski definition) is 1. The van der Waals surface area contributed by atoms with E-state index in [1.807, 2.05) is 30.3 Å². The highest BCUT2D eigenvalue weighted by Gasteiger charge is 2.56. The van der Waals surface area contributed by atoms with E-state index in [2.05, 4.69) is 0 Å². The zero-order valence-corrected chi connectivity index (χ0v) is 11.8. The van der Waals surface area contributed by atoms with Gasteiger partial charge in [0.05, 0.1) is 5.92 Å².